The average molecular weight is 497 g/mol. The molecule has 1 aliphatic heterocycles. The predicted octanol–water partition coefficient (Wildman–Crippen LogP) is 6.05. The van der Waals surface area contributed by atoms with Gasteiger partial charge in [0.2, 0.25) is 0 Å². The highest BCUT2D eigenvalue weighted by atomic mass is 16.5. The zero-order valence-corrected chi connectivity index (χ0v) is 21.6. The maximum Gasteiger partial charge on any atom is 0.268 e. The first-order chi connectivity index (χ1) is 18.0. The Morgan fingerprint density at radius 3 is 2.54 bits per heavy atom. The standard InChI is InChI=1S/C31H32N2O4/c1-4-35-30-20-24(19-26(21-32)31(34)33-15-14-25-8-5-6-9-27(25)33)12-13-28(30)36-16-7-17-37-29-18-22(2)10-11-23(29)3/h5-6,8-13,18-20H,4,7,14-17H2,1-3H3. The molecule has 0 aromatic heterocycles. The molecule has 0 spiro atoms. The van der Waals surface area contributed by atoms with Gasteiger partial charge in [0.25, 0.3) is 5.91 Å². The molecule has 6 nitrogen and oxygen atoms in total. The van der Waals surface area contributed by atoms with E-state index in [0.29, 0.717) is 49.8 Å². The minimum absolute atomic E-state index is 0.0800. The molecule has 190 valence electrons. The van der Waals surface area contributed by atoms with Crippen molar-refractivity contribution in [3.05, 3.63) is 88.5 Å². The number of nitrogens with zero attached hydrogens (tertiary/aromatic N) is 2. The van der Waals surface area contributed by atoms with Crippen LogP contribution >= 0.6 is 0 Å². The lowest BCUT2D eigenvalue weighted by Gasteiger charge is -2.17. The van der Waals surface area contributed by atoms with E-state index >= 15 is 0 Å². The van der Waals surface area contributed by atoms with Crippen molar-refractivity contribution in [2.75, 3.05) is 31.3 Å². The van der Waals surface area contributed by atoms with Gasteiger partial charge in [-0.2, -0.15) is 5.26 Å². The van der Waals surface area contributed by atoms with Crippen LogP contribution in [0.4, 0.5) is 5.69 Å². The predicted molar refractivity (Wildman–Crippen MR) is 145 cm³/mol. The topological polar surface area (TPSA) is 71.8 Å². The molecule has 1 aliphatic rings. The summed E-state index contributed by atoms with van der Waals surface area (Å²) in [5.74, 6) is 1.79. The van der Waals surface area contributed by atoms with Crippen LogP contribution in [0.2, 0.25) is 0 Å². The first-order valence-electron chi connectivity index (χ1n) is 12.6. The van der Waals surface area contributed by atoms with Gasteiger partial charge < -0.3 is 19.1 Å². The number of anilines is 1. The normalized spacial score (nSPS) is 12.6. The molecule has 3 aromatic carbocycles. The van der Waals surface area contributed by atoms with Gasteiger partial charge in [-0.3, -0.25) is 4.79 Å². The molecule has 0 N–H and O–H groups in total. The molecule has 4 rings (SSSR count). The van der Waals surface area contributed by atoms with Crippen LogP contribution in [-0.2, 0) is 11.2 Å². The lowest BCUT2D eigenvalue weighted by molar-refractivity contribution is -0.114. The van der Waals surface area contributed by atoms with E-state index in [1.54, 1.807) is 17.0 Å². The molecule has 0 unspecified atom stereocenters. The number of aryl methyl sites for hydroxylation is 2. The number of para-hydroxylation sites is 1. The van der Waals surface area contributed by atoms with Crippen molar-refractivity contribution < 1.29 is 19.0 Å². The minimum atomic E-state index is -0.297. The van der Waals surface area contributed by atoms with Gasteiger partial charge in [-0.1, -0.05) is 36.4 Å². The molecule has 37 heavy (non-hydrogen) atoms. The summed E-state index contributed by atoms with van der Waals surface area (Å²) in [5.41, 5.74) is 5.04. The van der Waals surface area contributed by atoms with Crippen molar-refractivity contribution in [3.63, 3.8) is 0 Å². The summed E-state index contributed by atoms with van der Waals surface area (Å²) < 4.78 is 17.7. The smallest absolute Gasteiger partial charge is 0.268 e. The first kappa shape index (κ1) is 25.8. The summed E-state index contributed by atoms with van der Waals surface area (Å²) in [6.45, 7) is 8.03. The second kappa shape index (κ2) is 12.1. The maximum atomic E-state index is 13.1. The molecule has 0 saturated carbocycles. The number of benzene rings is 3. The Bertz CT molecular complexity index is 1340. The van der Waals surface area contributed by atoms with E-state index in [4.69, 9.17) is 14.2 Å². The maximum absolute atomic E-state index is 13.1. The highest BCUT2D eigenvalue weighted by Crippen LogP contribution is 2.31. The quantitative estimate of drug-likeness (QED) is 0.194. The summed E-state index contributed by atoms with van der Waals surface area (Å²) in [6.07, 6.45) is 3.11. The first-order valence-corrected chi connectivity index (χ1v) is 12.6. The molecule has 1 amide bonds. The van der Waals surface area contributed by atoms with Gasteiger partial charge in [-0.15, -0.1) is 0 Å². The molecule has 0 atom stereocenters. The summed E-state index contributed by atoms with van der Waals surface area (Å²) in [7, 11) is 0. The van der Waals surface area contributed by atoms with Gasteiger partial charge >= 0.3 is 0 Å². The zero-order valence-electron chi connectivity index (χ0n) is 21.6. The van der Waals surface area contributed by atoms with E-state index in [1.165, 1.54) is 5.56 Å². The van der Waals surface area contributed by atoms with Crippen LogP contribution in [0.25, 0.3) is 6.08 Å². The van der Waals surface area contributed by atoms with Crippen LogP contribution in [0.1, 0.15) is 35.6 Å². The SMILES string of the molecule is CCOc1cc(C=C(C#N)C(=O)N2CCc3ccccc32)ccc1OCCCOc1cc(C)ccc1C. The minimum Gasteiger partial charge on any atom is -0.493 e. The Balaban J connectivity index is 1.40. The summed E-state index contributed by atoms with van der Waals surface area (Å²) in [6, 6.07) is 21.5. The lowest BCUT2D eigenvalue weighted by atomic mass is 10.1. The van der Waals surface area contributed by atoms with Crippen molar-refractivity contribution in [3.8, 4) is 23.3 Å². The number of hydrogen-bond acceptors (Lipinski definition) is 5. The number of rotatable bonds is 10. The average Bonchev–Trinajstić information content (AvgIpc) is 3.34. The van der Waals surface area contributed by atoms with Crippen LogP contribution < -0.4 is 19.1 Å². The molecular formula is C31H32N2O4. The van der Waals surface area contributed by atoms with Gasteiger partial charge in [-0.05, 0) is 79.8 Å². The molecular weight excluding hydrogens is 464 g/mol. The third-order valence-electron chi connectivity index (χ3n) is 6.21. The Morgan fingerprint density at radius 1 is 0.973 bits per heavy atom. The number of ether oxygens (including phenoxy) is 3. The summed E-state index contributed by atoms with van der Waals surface area (Å²) >= 11 is 0. The fourth-order valence-electron chi connectivity index (χ4n) is 4.29. The largest absolute Gasteiger partial charge is 0.493 e. The third-order valence-corrected chi connectivity index (χ3v) is 6.21. The number of fused-ring (bicyclic) bond motifs is 1. The number of hydrogen-bond donors (Lipinski definition) is 0. The molecule has 0 saturated heterocycles. The van der Waals surface area contributed by atoms with E-state index < -0.39 is 0 Å². The molecule has 0 aliphatic carbocycles. The van der Waals surface area contributed by atoms with Gasteiger partial charge in [0.05, 0.1) is 19.8 Å². The van der Waals surface area contributed by atoms with Gasteiger partial charge in [-0.25, -0.2) is 0 Å². The van der Waals surface area contributed by atoms with E-state index in [0.717, 1.165) is 29.0 Å². The number of carbonyl (C=O) groups excluding carboxylic acids is 1. The Kier molecular flexibility index (Phi) is 8.48. The van der Waals surface area contributed by atoms with Crippen molar-refractivity contribution in [2.24, 2.45) is 0 Å². The fraction of sp³-hybridized carbons (Fsp3) is 0.290. The van der Waals surface area contributed by atoms with Crippen LogP contribution in [0.3, 0.4) is 0 Å². The van der Waals surface area contributed by atoms with Crippen molar-refractivity contribution >= 4 is 17.7 Å². The molecule has 0 bridgehead atoms. The highest BCUT2D eigenvalue weighted by Gasteiger charge is 2.26. The van der Waals surface area contributed by atoms with E-state index in [9.17, 15) is 10.1 Å². The highest BCUT2D eigenvalue weighted by molar-refractivity contribution is 6.12. The molecule has 3 aromatic rings. The summed E-state index contributed by atoms with van der Waals surface area (Å²) in [5, 5.41) is 9.74. The lowest BCUT2D eigenvalue weighted by Crippen LogP contribution is -2.29. The number of carbonyl (C=O) groups is 1. The number of amides is 1. The monoisotopic (exact) mass is 496 g/mol. The van der Waals surface area contributed by atoms with Crippen LogP contribution in [-0.4, -0.2) is 32.3 Å². The molecule has 0 fully saturated rings. The molecule has 1 heterocycles. The second-order valence-corrected chi connectivity index (χ2v) is 8.96. The van der Waals surface area contributed by atoms with Crippen LogP contribution in [0.15, 0.2) is 66.2 Å². The van der Waals surface area contributed by atoms with Crippen molar-refractivity contribution in [1.82, 2.24) is 0 Å². The van der Waals surface area contributed by atoms with Gasteiger partial charge in [0.15, 0.2) is 11.5 Å². The Labute approximate surface area is 218 Å². The molecule has 0 radical (unpaired) electrons. The van der Waals surface area contributed by atoms with Crippen molar-refractivity contribution in [2.45, 2.75) is 33.6 Å². The van der Waals surface area contributed by atoms with Crippen molar-refractivity contribution in [1.29, 1.82) is 5.26 Å². The van der Waals surface area contributed by atoms with Gasteiger partial charge in [0.1, 0.15) is 17.4 Å². The molecule has 6 heteroatoms. The second-order valence-electron chi connectivity index (χ2n) is 8.96. The van der Waals surface area contributed by atoms with E-state index in [2.05, 4.69) is 18.2 Å². The van der Waals surface area contributed by atoms with Gasteiger partial charge in [0, 0.05) is 18.7 Å². The zero-order chi connectivity index (χ0) is 26.2. The van der Waals surface area contributed by atoms with E-state index in [-0.39, 0.29) is 11.5 Å². The summed E-state index contributed by atoms with van der Waals surface area (Å²) in [4.78, 5) is 14.8. The Morgan fingerprint density at radius 2 is 1.76 bits per heavy atom. The Hall–Kier alpha value is -4.24. The fourth-order valence-corrected chi connectivity index (χ4v) is 4.29. The number of nitriles is 1. The third kappa shape index (κ3) is 6.31. The van der Waals surface area contributed by atoms with E-state index in [1.807, 2.05) is 63.2 Å². The van der Waals surface area contributed by atoms with Crippen LogP contribution in [0.5, 0.6) is 17.2 Å². The van der Waals surface area contributed by atoms with Crippen LogP contribution in [0, 0.1) is 25.2 Å².